The lowest BCUT2D eigenvalue weighted by molar-refractivity contribution is -0.156. The number of carboxylic acids is 1. The van der Waals surface area contributed by atoms with Crippen molar-refractivity contribution >= 4 is 17.9 Å². The van der Waals surface area contributed by atoms with E-state index in [9.17, 15) is 14.4 Å². The number of benzene rings is 1. The molecule has 1 N–H and O–H groups in total. The molecule has 3 rings (SSSR count). The number of carbonyl (C=O) groups is 3. The van der Waals surface area contributed by atoms with E-state index in [1.807, 2.05) is 13.1 Å². The summed E-state index contributed by atoms with van der Waals surface area (Å²) >= 11 is 0. The maximum absolute atomic E-state index is 12.3. The molecule has 8 heteroatoms. The normalized spacial score (nSPS) is 25.0. The minimum atomic E-state index is -1.26. The molecule has 2 heterocycles. The van der Waals surface area contributed by atoms with Gasteiger partial charge in [0.05, 0.1) is 12.7 Å². The van der Waals surface area contributed by atoms with E-state index in [1.54, 1.807) is 24.3 Å². The predicted octanol–water partition coefficient (Wildman–Crippen LogP) is 2.02. The van der Waals surface area contributed by atoms with Crippen LogP contribution in [-0.4, -0.2) is 60.3 Å². The zero-order chi connectivity index (χ0) is 21.6. The number of carboxylic acid groups (broad SMARTS) is 1. The summed E-state index contributed by atoms with van der Waals surface area (Å²) in [6, 6.07) is 10.7. The van der Waals surface area contributed by atoms with E-state index in [4.69, 9.17) is 19.8 Å². The molecule has 0 saturated carbocycles. The van der Waals surface area contributed by atoms with Crippen LogP contribution in [0, 0.1) is 17.2 Å². The molecule has 2 saturated heterocycles. The van der Waals surface area contributed by atoms with Gasteiger partial charge in [-0.25, -0.2) is 9.59 Å². The number of rotatable bonds is 4. The van der Waals surface area contributed by atoms with Crippen LogP contribution >= 0.6 is 0 Å². The minimum absolute atomic E-state index is 0.0970. The number of aliphatic carboxylic acids is 1. The molecule has 29 heavy (non-hydrogen) atoms. The van der Waals surface area contributed by atoms with Crippen LogP contribution in [0.1, 0.15) is 29.6 Å². The van der Waals surface area contributed by atoms with Crippen molar-refractivity contribution in [3.05, 3.63) is 48.0 Å². The molecule has 0 radical (unpaired) electrons. The Balaban J connectivity index is 0.000000370. The van der Waals surface area contributed by atoms with Crippen molar-refractivity contribution in [2.24, 2.45) is 5.92 Å². The van der Waals surface area contributed by atoms with Crippen molar-refractivity contribution in [2.75, 3.05) is 14.2 Å². The Labute approximate surface area is 169 Å². The number of carbonyl (C=O) groups excluding carboxylic acids is 2. The van der Waals surface area contributed by atoms with Gasteiger partial charge in [0.1, 0.15) is 23.7 Å². The summed E-state index contributed by atoms with van der Waals surface area (Å²) in [6.45, 7) is 2.91. The van der Waals surface area contributed by atoms with Crippen LogP contribution in [-0.2, 0) is 19.1 Å². The molecule has 1 aromatic rings. The number of nitrogens with zero attached hydrogens (tertiary/aromatic N) is 2. The highest BCUT2D eigenvalue weighted by Gasteiger charge is 2.50. The number of hydrogen-bond donors (Lipinski definition) is 1. The van der Waals surface area contributed by atoms with Gasteiger partial charge < -0.3 is 14.6 Å². The summed E-state index contributed by atoms with van der Waals surface area (Å²) in [4.78, 5) is 36.3. The molecule has 2 aliphatic rings. The maximum atomic E-state index is 12.3. The molecule has 0 aliphatic carbocycles. The fourth-order valence-electron chi connectivity index (χ4n) is 3.81. The second kappa shape index (κ2) is 9.85. The smallest absolute Gasteiger partial charge is 0.345 e. The van der Waals surface area contributed by atoms with Gasteiger partial charge in [0.15, 0.2) is 0 Å². The molecular weight excluding hydrogens is 376 g/mol. The van der Waals surface area contributed by atoms with Crippen molar-refractivity contribution < 1.29 is 29.0 Å². The first-order valence-corrected chi connectivity index (χ1v) is 9.18. The van der Waals surface area contributed by atoms with E-state index in [2.05, 4.69) is 11.5 Å². The molecule has 2 fully saturated rings. The molecule has 4 atom stereocenters. The number of fused-ring (bicyclic) bond motifs is 2. The van der Waals surface area contributed by atoms with Crippen LogP contribution in [0.2, 0.25) is 0 Å². The molecular formula is C21H24N2O6. The molecule has 2 bridgehead atoms. The fraction of sp³-hybridized carbons (Fsp3) is 0.429. The highest BCUT2D eigenvalue weighted by Crippen LogP contribution is 2.40. The molecule has 8 nitrogen and oxygen atoms in total. The van der Waals surface area contributed by atoms with E-state index in [0.29, 0.717) is 18.0 Å². The number of methoxy groups -OCH3 is 1. The molecule has 0 aromatic heterocycles. The fourth-order valence-corrected chi connectivity index (χ4v) is 3.81. The number of esters is 2. The van der Waals surface area contributed by atoms with Crippen LogP contribution in [0.4, 0.5) is 0 Å². The third-order valence-corrected chi connectivity index (χ3v) is 5.35. The predicted molar refractivity (Wildman–Crippen MR) is 103 cm³/mol. The summed E-state index contributed by atoms with van der Waals surface area (Å²) < 4.78 is 10.6. The van der Waals surface area contributed by atoms with Crippen LogP contribution in [0.5, 0.6) is 0 Å². The monoisotopic (exact) mass is 400 g/mol. The zero-order valence-electron chi connectivity index (χ0n) is 16.4. The summed E-state index contributed by atoms with van der Waals surface area (Å²) in [5, 5.41) is 15.6. The molecule has 2 aliphatic heterocycles. The lowest BCUT2D eigenvalue weighted by atomic mass is 9.87. The first-order valence-electron chi connectivity index (χ1n) is 9.18. The molecule has 1 aromatic carbocycles. The van der Waals surface area contributed by atoms with E-state index in [0.717, 1.165) is 12.8 Å². The van der Waals surface area contributed by atoms with Crippen molar-refractivity contribution in [2.45, 2.75) is 37.5 Å². The van der Waals surface area contributed by atoms with Gasteiger partial charge in [-0.3, -0.25) is 9.69 Å². The molecule has 0 spiro atoms. The minimum Gasteiger partial charge on any atom is -0.477 e. The second-order valence-electron chi connectivity index (χ2n) is 6.95. The summed E-state index contributed by atoms with van der Waals surface area (Å²) in [6.07, 6.45) is 2.26. The molecule has 0 amide bonds. The van der Waals surface area contributed by atoms with Crippen molar-refractivity contribution in [3.8, 4) is 6.07 Å². The average molecular weight is 400 g/mol. The van der Waals surface area contributed by atoms with Gasteiger partial charge >= 0.3 is 17.9 Å². The highest BCUT2D eigenvalue weighted by atomic mass is 16.6. The Kier molecular flexibility index (Phi) is 7.51. The van der Waals surface area contributed by atoms with E-state index < -0.39 is 23.6 Å². The second-order valence-corrected chi connectivity index (χ2v) is 6.95. The van der Waals surface area contributed by atoms with E-state index >= 15 is 0 Å². The van der Waals surface area contributed by atoms with E-state index in [-0.39, 0.29) is 18.0 Å². The first-order chi connectivity index (χ1) is 13.8. The quantitative estimate of drug-likeness (QED) is 0.463. The van der Waals surface area contributed by atoms with Crippen molar-refractivity contribution in [1.82, 2.24) is 4.90 Å². The van der Waals surface area contributed by atoms with E-state index in [1.165, 1.54) is 13.2 Å². The van der Waals surface area contributed by atoms with Crippen LogP contribution in [0.3, 0.4) is 0 Å². The molecule has 2 unspecified atom stereocenters. The highest BCUT2D eigenvalue weighted by molar-refractivity contribution is 5.90. The van der Waals surface area contributed by atoms with Gasteiger partial charge in [0.25, 0.3) is 0 Å². The maximum Gasteiger partial charge on any atom is 0.345 e. The number of hydrogen-bond acceptors (Lipinski definition) is 7. The summed E-state index contributed by atoms with van der Waals surface area (Å²) in [7, 11) is 3.42. The Bertz CT molecular complexity index is 816. The van der Waals surface area contributed by atoms with Crippen molar-refractivity contribution in [3.63, 3.8) is 0 Å². The summed E-state index contributed by atoms with van der Waals surface area (Å²) in [5.74, 6) is -2.32. The SMILES string of the molecule is C=C(C#N)C(=O)O.COC(=O)[C@@H]1C2CCC(C[C@@H]1OC(=O)c1ccccc1)N2C. The molecule has 154 valence electrons. The zero-order valence-corrected chi connectivity index (χ0v) is 16.4. The van der Waals surface area contributed by atoms with Gasteiger partial charge in [0.2, 0.25) is 0 Å². The number of ether oxygens (including phenoxy) is 2. The van der Waals surface area contributed by atoms with Gasteiger partial charge in [0, 0.05) is 18.5 Å². The lowest BCUT2D eigenvalue weighted by Gasteiger charge is -2.40. The van der Waals surface area contributed by atoms with Crippen LogP contribution in [0.15, 0.2) is 42.5 Å². The first kappa shape index (κ1) is 22.1. The average Bonchev–Trinajstić information content (AvgIpc) is 2.96. The number of piperidine rings is 1. The number of nitriles is 1. The van der Waals surface area contributed by atoms with Gasteiger partial charge in [-0.1, -0.05) is 24.8 Å². The van der Waals surface area contributed by atoms with Gasteiger partial charge in [-0.05, 0) is 32.0 Å². The summed E-state index contributed by atoms with van der Waals surface area (Å²) in [5.41, 5.74) is 0.0809. The Hall–Kier alpha value is -3.18. The Morgan fingerprint density at radius 2 is 1.90 bits per heavy atom. The van der Waals surface area contributed by atoms with Crippen LogP contribution < -0.4 is 0 Å². The third kappa shape index (κ3) is 5.21. The van der Waals surface area contributed by atoms with Gasteiger partial charge in [-0.15, -0.1) is 0 Å². The van der Waals surface area contributed by atoms with Crippen molar-refractivity contribution in [1.29, 1.82) is 5.26 Å². The standard InChI is InChI=1S/C17H21NO4.C4H3NO2/c1-18-12-8-9-13(18)15(17(20)21-2)14(10-12)22-16(19)11-6-4-3-5-7-11;1-3(2-5)4(6)7/h3-7,12-15H,8-10H2,1-2H3;1H2,(H,6,7)/t12?,13?,14-,15+;/m0./s1. The Morgan fingerprint density at radius 1 is 1.24 bits per heavy atom. The third-order valence-electron chi connectivity index (χ3n) is 5.35. The Morgan fingerprint density at radius 3 is 2.41 bits per heavy atom. The van der Waals surface area contributed by atoms with Crippen LogP contribution in [0.25, 0.3) is 0 Å². The largest absolute Gasteiger partial charge is 0.477 e. The lowest BCUT2D eigenvalue weighted by Crippen LogP contribution is -2.53. The topological polar surface area (TPSA) is 117 Å². The van der Waals surface area contributed by atoms with Gasteiger partial charge in [-0.2, -0.15) is 5.26 Å².